The molecular weight excluding hydrogens is 333 g/mol. The second kappa shape index (κ2) is 5.38. The maximum atomic E-state index is 6.23. The third-order valence-corrected chi connectivity index (χ3v) is 5.41. The van der Waals surface area contributed by atoms with Crippen LogP contribution in [0.3, 0.4) is 0 Å². The van der Waals surface area contributed by atoms with Crippen LogP contribution in [-0.4, -0.2) is 4.99 Å². The molecule has 2 aromatic rings. The number of thiocarbonyl (C=S) groups is 1. The van der Waals surface area contributed by atoms with Gasteiger partial charge in [0, 0.05) is 6.42 Å². The lowest BCUT2D eigenvalue weighted by Crippen LogP contribution is -2.31. The quantitative estimate of drug-likeness (QED) is 0.679. The van der Waals surface area contributed by atoms with Crippen molar-refractivity contribution in [1.82, 2.24) is 5.32 Å². The largest absolute Gasteiger partial charge is 0.369 e. The van der Waals surface area contributed by atoms with Gasteiger partial charge in [-0.2, -0.15) is 0 Å². The minimum Gasteiger partial charge on any atom is -0.369 e. The van der Waals surface area contributed by atoms with E-state index in [1.807, 2.05) is 18.2 Å². The van der Waals surface area contributed by atoms with Crippen molar-refractivity contribution in [3.05, 3.63) is 74.8 Å². The Kier molecular flexibility index (Phi) is 3.48. The zero-order valence-corrected chi connectivity index (χ0v) is 14.0. The van der Waals surface area contributed by atoms with Gasteiger partial charge in [-0.05, 0) is 46.4 Å². The zero-order chi connectivity index (χ0) is 15.3. The average Bonchev–Trinajstić information content (AvgIpc) is 2.84. The normalized spacial score (nSPS) is 19.7. The fourth-order valence-electron chi connectivity index (χ4n) is 3.39. The molecule has 0 bridgehead atoms. The molecule has 1 aliphatic carbocycles. The summed E-state index contributed by atoms with van der Waals surface area (Å²) in [7, 11) is 0. The molecule has 0 spiro atoms. The second-order valence-corrected chi connectivity index (χ2v) is 6.92. The number of hydrogen-bond acceptors (Lipinski definition) is 1. The van der Waals surface area contributed by atoms with Crippen LogP contribution in [0.4, 0.5) is 0 Å². The van der Waals surface area contributed by atoms with E-state index in [-0.39, 0.29) is 6.04 Å². The summed E-state index contributed by atoms with van der Waals surface area (Å²) in [5.41, 5.74) is 6.34. The molecule has 22 heavy (non-hydrogen) atoms. The van der Waals surface area contributed by atoms with E-state index in [1.165, 1.54) is 22.3 Å². The first kappa shape index (κ1) is 14.3. The van der Waals surface area contributed by atoms with Crippen LogP contribution in [0.2, 0.25) is 10.0 Å². The van der Waals surface area contributed by atoms with Crippen LogP contribution < -0.4 is 5.32 Å². The SMILES string of the molecule is S=C1CCC2=C(c3ccc(Cl)c(Cl)c3)c3ccccc3C2N1. The molecule has 1 nitrogen and oxygen atoms in total. The Hall–Kier alpha value is -1.35. The predicted molar refractivity (Wildman–Crippen MR) is 96.6 cm³/mol. The number of nitrogens with one attached hydrogen (secondary N) is 1. The third kappa shape index (κ3) is 2.18. The van der Waals surface area contributed by atoms with Crippen LogP contribution in [0.15, 0.2) is 48.0 Å². The summed E-state index contributed by atoms with van der Waals surface area (Å²) in [5, 5.41) is 4.65. The van der Waals surface area contributed by atoms with Crippen LogP contribution in [0, 0.1) is 0 Å². The fraction of sp³-hybridized carbons (Fsp3) is 0.167. The minimum absolute atomic E-state index is 0.196. The molecule has 4 rings (SSSR count). The molecule has 1 fully saturated rings. The topological polar surface area (TPSA) is 12.0 Å². The van der Waals surface area contributed by atoms with E-state index < -0.39 is 0 Å². The maximum absolute atomic E-state index is 6.23. The number of fused-ring (bicyclic) bond motifs is 3. The molecule has 1 unspecified atom stereocenters. The summed E-state index contributed by atoms with van der Waals surface area (Å²) < 4.78 is 0. The third-order valence-electron chi connectivity index (χ3n) is 4.35. The lowest BCUT2D eigenvalue weighted by molar-refractivity contribution is 0.679. The van der Waals surface area contributed by atoms with E-state index in [0.717, 1.165) is 23.4 Å². The van der Waals surface area contributed by atoms with Gasteiger partial charge in [0.25, 0.3) is 0 Å². The van der Waals surface area contributed by atoms with E-state index in [1.54, 1.807) is 0 Å². The van der Waals surface area contributed by atoms with Crippen LogP contribution in [0.25, 0.3) is 5.57 Å². The van der Waals surface area contributed by atoms with E-state index in [0.29, 0.717) is 10.0 Å². The van der Waals surface area contributed by atoms with Gasteiger partial charge < -0.3 is 5.32 Å². The summed E-state index contributed by atoms with van der Waals surface area (Å²) in [6.07, 6.45) is 1.89. The average molecular weight is 346 g/mol. The van der Waals surface area contributed by atoms with Gasteiger partial charge in [-0.3, -0.25) is 0 Å². The molecule has 1 heterocycles. The highest BCUT2D eigenvalue weighted by Crippen LogP contribution is 2.47. The summed E-state index contributed by atoms with van der Waals surface area (Å²) in [6, 6.07) is 14.6. The van der Waals surface area contributed by atoms with Crippen molar-refractivity contribution in [2.75, 3.05) is 0 Å². The molecule has 110 valence electrons. The molecule has 1 N–H and O–H groups in total. The molecule has 0 radical (unpaired) electrons. The Morgan fingerprint density at radius 3 is 2.64 bits per heavy atom. The van der Waals surface area contributed by atoms with E-state index in [2.05, 4.69) is 29.6 Å². The maximum Gasteiger partial charge on any atom is 0.0763 e. The van der Waals surface area contributed by atoms with Crippen LogP contribution in [0.5, 0.6) is 0 Å². The van der Waals surface area contributed by atoms with Crippen molar-refractivity contribution in [3.63, 3.8) is 0 Å². The first-order chi connectivity index (χ1) is 10.6. The van der Waals surface area contributed by atoms with Crippen LogP contribution >= 0.6 is 35.4 Å². The minimum atomic E-state index is 0.196. The van der Waals surface area contributed by atoms with Crippen LogP contribution in [0.1, 0.15) is 35.6 Å². The molecule has 2 aliphatic rings. The van der Waals surface area contributed by atoms with Gasteiger partial charge in [0.15, 0.2) is 0 Å². The van der Waals surface area contributed by atoms with Crippen molar-refractivity contribution in [3.8, 4) is 0 Å². The molecule has 0 aromatic heterocycles. The van der Waals surface area contributed by atoms with Crippen molar-refractivity contribution in [2.24, 2.45) is 0 Å². The first-order valence-electron chi connectivity index (χ1n) is 7.22. The lowest BCUT2D eigenvalue weighted by Gasteiger charge is -2.26. The Morgan fingerprint density at radius 1 is 1.00 bits per heavy atom. The Bertz CT molecular complexity index is 826. The molecule has 2 aromatic carbocycles. The summed E-state index contributed by atoms with van der Waals surface area (Å²) in [4.78, 5) is 0.943. The molecular formula is C18H13Cl2NS. The smallest absolute Gasteiger partial charge is 0.0763 e. The number of benzene rings is 2. The summed E-state index contributed by atoms with van der Waals surface area (Å²) in [6.45, 7) is 0. The molecule has 0 saturated carbocycles. The Morgan fingerprint density at radius 2 is 1.82 bits per heavy atom. The van der Waals surface area contributed by atoms with Gasteiger partial charge in [0.2, 0.25) is 0 Å². The number of hydrogen-bond donors (Lipinski definition) is 1. The highest BCUT2D eigenvalue weighted by Gasteiger charge is 2.34. The van der Waals surface area contributed by atoms with Gasteiger partial charge in [0.1, 0.15) is 0 Å². The molecule has 4 heteroatoms. The van der Waals surface area contributed by atoms with E-state index >= 15 is 0 Å². The number of halogens is 2. The van der Waals surface area contributed by atoms with Crippen molar-refractivity contribution < 1.29 is 0 Å². The lowest BCUT2D eigenvalue weighted by atomic mass is 9.93. The van der Waals surface area contributed by atoms with E-state index in [9.17, 15) is 0 Å². The van der Waals surface area contributed by atoms with Gasteiger partial charge in [0.05, 0.1) is 21.1 Å². The standard InChI is InChI=1S/C18H13Cl2NS/c19-14-7-5-10(9-15(14)20)17-11-3-1-2-4-12(11)18-13(17)6-8-16(22)21-18/h1-5,7,9,18H,6,8H2,(H,21,22). The summed E-state index contributed by atoms with van der Waals surface area (Å²) >= 11 is 17.7. The molecule has 1 atom stereocenters. The molecule has 0 amide bonds. The Balaban J connectivity index is 1.93. The first-order valence-corrected chi connectivity index (χ1v) is 8.38. The monoisotopic (exact) mass is 345 g/mol. The highest BCUT2D eigenvalue weighted by molar-refractivity contribution is 7.80. The van der Waals surface area contributed by atoms with Gasteiger partial charge in [-0.15, -0.1) is 0 Å². The summed E-state index contributed by atoms with van der Waals surface area (Å²) in [5.74, 6) is 0. The second-order valence-electron chi connectivity index (χ2n) is 5.62. The van der Waals surface area contributed by atoms with Crippen LogP contribution in [-0.2, 0) is 0 Å². The van der Waals surface area contributed by atoms with E-state index in [4.69, 9.17) is 35.4 Å². The van der Waals surface area contributed by atoms with Gasteiger partial charge in [-0.1, -0.05) is 65.8 Å². The van der Waals surface area contributed by atoms with Gasteiger partial charge >= 0.3 is 0 Å². The fourth-order valence-corrected chi connectivity index (χ4v) is 3.91. The zero-order valence-electron chi connectivity index (χ0n) is 11.7. The van der Waals surface area contributed by atoms with Crippen molar-refractivity contribution in [2.45, 2.75) is 18.9 Å². The molecule has 1 saturated heterocycles. The highest BCUT2D eigenvalue weighted by atomic mass is 35.5. The number of rotatable bonds is 1. The predicted octanol–water partition coefficient (Wildman–Crippen LogP) is 5.56. The molecule has 1 aliphatic heterocycles. The Labute approximate surface area is 144 Å². The number of piperidine rings is 1. The van der Waals surface area contributed by atoms with Crippen molar-refractivity contribution in [1.29, 1.82) is 0 Å². The van der Waals surface area contributed by atoms with Gasteiger partial charge in [-0.25, -0.2) is 0 Å². The van der Waals surface area contributed by atoms with Crippen molar-refractivity contribution >= 4 is 46.0 Å².